The lowest BCUT2D eigenvalue weighted by molar-refractivity contribution is -0.135. The third-order valence-electron chi connectivity index (χ3n) is 4.68. The summed E-state index contributed by atoms with van der Waals surface area (Å²) in [6.45, 7) is 1.29. The van der Waals surface area contributed by atoms with E-state index in [0.29, 0.717) is 39.5 Å². The number of carboxylic acids is 1. The minimum absolute atomic E-state index is 0.293. The summed E-state index contributed by atoms with van der Waals surface area (Å²) < 4.78 is 5.26. The molecule has 0 aliphatic heterocycles. The van der Waals surface area contributed by atoms with E-state index in [9.17, 15) is 14.4 Å². The predicted molar refractivity (Wildman–Crippen MR) is 103 cm³/mol. The van der Waals surface area contributed by atoms with Gasteiger partial charge in [-0.2, -0.15) is 0 Å². The first-order valence-corrected chi connectivity index (χ1v) is 9.10. The van der Waals surface area contributed by atoms with E-state index in [0.717, 1.165) is 18.5 Å². The molecule has 2 aromatic heterocycles. The number of fused-ring (bicyclic) bond motifs is 1. The Hall–Kier alpha value is -3.75. The van der Waals surface area contributed by atoms with Gasteiger partial charge in [-0.05, 0) is 50.1 Å². The highest BCUT2D eigenvalue weighted by Gasteiger charge is 2.28. The number of carbonyl (C=O) groups excluding carboxylic acids is 2. The Morgan fingerprint density at radius 1 is 1.17 bits per heavy atom. The number of nitrogens with zero attached hydrogens (tertiary/aromatic N) is 2. The SMILES string of the molecule is Cc1noc2nc(C3CC3)cc(C(=O)Nc3ccc(C(=O)NCC(=O)O)cc3)c12. The highest BCUT2D eigenvalue weighted by Crippen LogP contribution is 2.40. The lowest BCUT2D eigenvalue weighted by Gasteiger charge is -2.09. The van der Waals surface area contributed by atoms with Crippen LogP contribution in [0.25, 0.3) is 11.1 Å². The molecule has 9 heteroatoms. The van der Waals surface area contributed by atoms with Gasteiger partial charge in [0.05, 0.1) is 16.6 Å². The fourth-order valence-electron chi connectivity index (χ4n) is 3.04. The second kappa shape index (κ2) is 7.34. The number of aryl methyl sites for hydroxylation is 1. The quantitative estimate of drug-likeness (QED) is 0.584. The number of nitrogens with one attached hydrogen (secondary N) is 2. The Bertz CT molecular complexity index is 1120. The first-order chi connectivity index (χ1) is 13.9. The number of anilines is 1. The number of carbonyl (C=O) groups is 3. The second-order valence-electron chi connectivity index (χ2n) is 6.92. The first-order valence-electron chi connectivity index (χ1n) is 9.10. The topological polar surface area (TPSA) is 134 Å². The number of hydrogen-bond acceptors (Lipinski definition) is 6. The van der Waals surface area contributed by atoms with Crippen molar-refractivity contribution in [3.05, 3.63) is 52.8 Å². The summed E-state index contributed by atoms with van der Waals surface area (Å²) in [5.74, 6) is -1.61. The average Bonchev–Trinajstić information content (AvgIpc) is 3.49. The van der Waals surface area contributed by atoms with Gasteiger partial charge in [-0.3, -0.25) is 14.4 Å². The van der Waals surface area contributed by atoms with Gasteiger partial charge in [0.15, 0.2) is 0 Å². The summed E-state index contributed by atoms with van der Waals surface area (Å²) >= 11 is 0. The number of aromatic nitrogens is 2. The largest absolute Gasteiger partial charge is 0.480 e. The van der Waals surface area contributed by atoms with E-state index in [1.807, 2.05) is 0 Å². The Balaban J connectivity index is 1.54. The number of carboxylic acid groups (broad SMARTS) is 1. The van der Waals surface area contributed by atoms with E-state index in [-0.39, 0.29) is 5.91 Å². The number of aliphatic carboxylic acids is 1. The molecule has 0 spiro atoms. The zero-order valence-electron chi connectivity index (χ0n) is 15.6. The third-order valence-corrected chi connectivity index (χ3v) is 4.68. The Morgan fingerprint density at radius 3 is 2.55 bits per heavy atom. The number of rotatable bonds is 6. The van der Waals surface area contributed by atoms with Crippen LogP contribution in [0.2, 0.25) is 0 Å². The Morgan fingerprint density at radius 2 is 1.90 bits per heavy atom. The van der Waals surface area contributed by atoms with Gasteiger partial charge in [-0.25, -0.2) is 4.98 Å². The summed E-state index contributed by atoms with van der Waals surface area (Å²) in [4.78, 5) is 39.8. The predicted octanol–water partition coefficient (Wildman–Crippen LogP) is 2.48. The number of hydrogen-bond donors (Lipinski definition) is 3. The molecule has 148 valence electrons. The van der Waals surface area contributed by atoms with Crippen molar-refractivity contribution in [1.29, 1.82) is 0 Å². The van der Waals surface area contributed by atoms with Crippen LogP contribution < -0.4 is 10.6 Å². The third kappa shape index (κ3) is 3.93. The van der Waals surface area contributed by atoms with Crippen LogP contribution >= 0.6 is 0 Å². The molecule has 1 saturated carbocycles. The molecule has 0 bridgehead atoms. The molecule has 3 aromatic rings. The maximum Gasteiger partial charge on any atom is 0.322 e. The van der Waals surface area contributed by atoms with Gasteiger partial charge in [0.1, 0.15) is 6.54 Å². The van der Waals surface area contributed by atoms with E-state index in [4.69, 9.17) is 9.63 Å². The molecule has 0 radical (unpaired) electrons. The van der Waals surface area contributed by atoms with Crippen LogP contribution in [0.4, 0.5) is 5.69 Å². The van der Waals surface area contributed by atoms with Crippen LogP contribution in [0.5, 0.6) is 0 Å². The molecule has 2 heterocycles. The van der Waals surface area contributed by atoms with Crippen LogP contribution in [0.15, 0.2) is 34.9 Å². The molecule has 0 atom stereocenters. The number of pyridine rings is 1. The summed E-state index contributed by atoms with van der Waals surface area (Å²) in [5.41, 5.74) is 2.99. The van der Waals surface area contributed by atoms with Gasteiger partial charge in [0.25, 0.3) is 17.5 Å². The molecule has 0 saturated heterocycles. The van der Waals surface area contributed by atoms with Crippen molar-refractivity contribution >= 4 is 34.6 Å². The fourth-order valence-corrected chi connectivity index (χ4v) is 3.04. The average molecular weight is 394 g/mol. The molecule has 1 aliphatic carbocycles. The van der Waals surface area contributed by atoms with Gasteiger partial charge in [0, 0.05) is 22.9 Å². The van der Waals surface area contributed by atoms with Crippen LogP contribution in [0, 0.1) is 6.92 Å². The van der Waals surface area contributed by atoms with E-state index in [2.05, 4.69) is 20.8 Å². The van der Waals surface area contributed by atoms with Gasteiger partial charge in [-0.1, -0.05) is 5.16 Å². The van der Waals surface area contributed by atoms with Gasteiger partial charge >= 0.3 is 5.97 Å². The van der Waals surface area contributed by atoms with Crippen molar-refractivity contribution in [1.82, 2.24) is 15.5 Å². The van der Waals surface area contributed by atoms with Crippen LogP contribution in [0.1, 0.15) is 50.9 Å². The van der Waals surface area contributed by atoms with Crippen LogP contribution in [-0.2, 0) is 4.79 Å². The van der Waals surface area contributed by atoms with Crippen molar-refractivity contribution < 1.29 is 24.0 Å². The summed E-state index contributed by atoms with van der Waals surface area (Å²) in [6.07, 6.45) is 2.08. The Kier molecular flexibility index (Phi) is 4.71. The Labute approximate surface area is 165 Å². The maximum atomic E-state index is 12.9. The normalized spacial score (nSPS) is 13.3. The lowest BCUT2D eigenvalue weighted by atomic mass is 10.1. The highest BCUT2D eigenvalue weighted by molar-refractivity contribution is 6.12. The maximum absolute atomic E-state index is 12.9. The highest BCUT2D eigenvalue weighted by atomic mass is 16.5. The zero-order chi connectivity index (χ0) is 20.5. The fraction of sp³-hybridized carbons (Fsp3) is 0.250. The van der Waals surface area contributed by atoms with Gasteiger partial charge in [0.2, 0.25) is 0 Å². The van der Waals surface area contributed by atoms with Gasteiger partial charge in [-0.15, -0.1) is 0 Å². The molecule has 0 unspecified atom stereocenters. The molecule has 4 rings (SSSR count). The molecule has 9 nitrogen and oxygen atoms in total. The van der Waals surface area contributed by atoms with Gasteiger partial charge < -0.3 is 20.3 Å². The summed E-state index contributed by atoms with van der Waals surface area (Å²) in [7, 11) is 0. The summed E-state index contributed by atoms with van der Waals surface area (Å²) in [6, 6.07) is 7.96. The number of benzene rings is 1. The number of amides is 2. The smallest absolute Gasteiger partial charge is 0.322 e. The van der Waals surface area contributed by atoms with Crippen molar-refractivity contribution in [3.63, 3.8) is 0 Å². The van der Waals surface area contributed by atoms with Crippen molar-refractivity contribution in [2.24, 2.45) is 0 Å². The van der Waals surface area contributed by atoms with E-state index in [1.54, 1.807) is 25.1 Å². The van der Waals surface area contributed by atoms with Crippen molar-refractivity contribution in [3.8, 4) is 0 Å². The lowest BCUT2D eigenvalue weighted by Crippen LogP contribution is -2.29. The molecule has 29 heavy (non-hydrogen) atoms. The molecular weight excluding hydrogens is 376 g/mol. The van der Waals surface area contributed by atoms with E-state index < -0.39 is 18.4 Å². The monoisotopic (exact) mass is 394 g/mol. The standard InChI is InChI=1S/C20H18N4O5/c1-10-17-14(8-15(11-2-3-11)23-20(17)29-24-10)19(28)22-13-6-4-12(5-7-13)18(27)21-9-16(25)26/h4-8,11H,2-3,9H2,1H3,(H,21,27)(H,22,28)(H,25,26). The summed E-state index contributed by atoms with van der Waals surface area (Å²) in [5, 5.41) is 18.2. The minimum atomic E-state index is -1.12. The molecule has 1 fully saturated rings. The van der Waals surface area contributed by atoms with Crippen molar-refractivity contribution in [2.45, 2.75) is 25.7 Å². The molecule has 1 aromatic carbocycles. The molecule has 2 amide bonds. The first kappa shape index (κ1) is 18.6. The minimum Gasteiger partial charge on any atom is -0.480 e. The molecule has 1 aliphatic rings. The second-order valence-corrected chi connectivity index (χ2v) is 6.92. The van der Waals surface area contributed by atoms with E-state index >= 15 is 0 Å². The molecule has 3 N–H and O–H groups in total. The van der Waals surface area contributed by atoms with Crippen molar-refractivity contribution in [2.75, 3.05) is 11.9 Å². The van der Waals surface area contributed by atoms with Crippen LogP contribution in [-0.4, -0.2) is 39.6 Å². The van der Waals surface area contributed by atoms with Crippen LogP contribution in [0.3, 0.4) is 0 Å². The zero-order valence-corrected chi connectivity index (χ0v) is 15.6. The molecular formula is C20H18N4O5. The van der Waals surface area contributed by atoms with E-state index in [1.165, 1.54) is 12.1 Å².